The minimum atomic E-state index is -0.463. The van der Waals surface area contributed by atoms with E-state index >= 15 is 0 Å². The van der Waals surface area contributed by atoms with Crippen molar-refractivity contribution in [2.45, 2.75) is 19.3 Å². The summed E-state index contributed by atoms with van der Waals surface area (Å²) < 4.78 is 24.1. The quantitative estimate of drug-likeness (QED) is 0.809. The number of hydrogen-bond acceptors (Lipinski definition) is 4. The highest BCUT2D eigenvalue weighted by molar-refractivity contribution is 5.97. The van der Waals surface area contributed by atoms with E-state index < -0.39 is 5.82 Å². The molecule has 7 heteroatoms. The zero-order valence-electron chi connectivity index (χ0n) is 15.0. The van der Waals surface area contributed by atoms with E-state index in [1.54, 1.807) is 35.2 Å². The summed E-state index contributed by atoms with van der Waals surface area (Å²) in [5.41, 5.74) is 1.25. The monoisotopic (exact) mass is 372 g/mol. The normalized spacial score (nSPS) is 13.6. The van der Waals surface area contributed by atoms with Crippen molar-refractivity contribution < 1.29 is 23.5 Å². The summed E-state index contributed by atoms with van der Waals surface area (Å²) in [6.07, 6.45) is 1.43. The zero-order valence-corrected chi connectivity index (χ0v) is 15.0. The van der Waals surface area contributed by atoms with Crippen molar-refractivity contribution in [1.82, 2.24) is 0 Å². The molecule has 0 radical (unpaired) electrons. The molecule has 0 aliphatic carbocycles. The van der Waals surface area contributed by atoms with Gasteiger partial charge in [0.15, 0.2) is 11.6 Å². The molecular formula is C20H21FN2O4. The van der Waals surface area contributed by atoms with Gasteiger partial charge in [-0.15, -0.1) is 0 Å². The van der Waals surface area contributed by atoms with Crippen LogP contribution in [0.4, 0.5) is 15.8 Å². The topological polar surface area (TPSA) is 67.9 Å². The Bertz CT molecular complexity index is 840. The highest BCUT2D eigenvalue weighted by Gasteiger charge is 2.24. The molecular weight excluding hydrogens is 351 g/mol. The van der Waals surface area contributed by atoms with E-state index in [0.29, 0.717) is 30.1 Å². The fourth-order valence-electron chi connectivity index (χ4n) is 2.92. The first-order valence-electron chi connectivity index (χ1n) is 8.74. The van der Waals surface area contributed by atoms with Crippen LogP contribution in [-0.4, -0.2) is 32.1 Å². The number of nitrogens with one attached hydrogen (secondary N) is 1. The second-order valence-corrected chi connectivity index (χ2v) is 6.11. The molecule has 6 nitrogen and oxygen atoms in total. The predicted molar refractivity (Wildman–Crippen MR) is 99.7 cm³/mol. The van der Waals surface area contributed by atoms with Crippen LogP contribution < -0.4 is 19.7 Å². The molecule has 1 fully saturated rings. The average Bonchev–Trinajstić information content (AvgIpc) is 3.09. The number of para-hydroxylation sites is 1. The van der Waals surface area contributed by atoms with Gasteiger partial charge in [0, 0.05) is 24.7 Å². The van der Waals surface area contributed by atoms with Crippen LogP contribution in [0.2, 0.25) is 0 Å². The van der Waals surface area contributed by atoms with E-state index in [1.165, 1.54) is 19.2 Å². The number of rotatable bonds is 7. The predicted octanol–water partition coefficient (Wildman–Crippen LogP) is 3.37. The Kier molecular flexibility index (Phi) is 5.90. The van der Waals surface area contributed by atoms with Crippen LogP contribution in [0, 0.1) is 5.82 Å². The first kappa shape index (κ1) is 18.7. The number of nitrogens with zero attached hydrogens (tertiary/aromatic N) is 1. The van der Waals surface area contributed by atoms with Gasteiger partial charge in [0.05, 0.1) is 25.8 Å². The van der Waals surface area contributed by atoms with Crippen molar-refractivity contribution in [2.75, 3.05) is 30.5 Å². The first-order chi connectivity index (χ1) is 13.1. The molecule has 2 aromatic carbocycles. The maximum atomic E-state index is 13.5. The van der Waals surface area contributed by atoms with Gasteiger partial charge >= 0.3 is 0 Å². The summed E-state index contributed by atoms with van der Waals surface area (Å²) in [5, 5.41) is 2.75. The molecule has 0 bridgehead atoms. The van der Waals surface area contributed by atoms with Crippen molar-refractivity contribution in [3.8, 4) is 11.5 Å². The van der Waals surface area contributed by atoms with Crippen LogP contribution in [0.1, 0.15) is 19.3 Å². The molecule has 1 aliphatic heterocycles. The van der Waals surface area contributed by atoms with Gasteiger partial charge in [-0.2, -0.15) is 0 Å². The third kappa shape index (κ3) is 4.55. The van der Waals surface area contributed by atoms with Crippen LogP contribution in [0.5, 0.6) is 11.5 Å². The van der Waals surface area contributed by atoms with Gasteiger partial charge in [-0.1, -0.05) is 12.1 Å². The third-order valence-corrected chi connectivity index (χ3v) is 4.25. The Morgan fingerprint density at radius 2 is 2.04 bits per heavy atom. The third-order valence-electron chi connectivity index (χ3n) is 4.25. The smallest absolute Gasteiger partial charge is 0.227 e. The van der Waals surface area contributed by atoms with Gasteiger partial charge in [0.2, 0.25) is 11.8 Å². The fraction of sp³-hybridized carbons (Fsp3) is 0.300. The number of methoxy groups -OCH3 is 1. The molecule has 0 aromatic heterocycles. The Morgan fingerprint density at radius 3 is 2.74 bits per heavy atom. The number of halogens is 1. The van der Waals surface area contributed by atoms with Crippen molar-refractivity contribution in [1.29, 1.82) is 0 Å². The van der Waals surface area contributed by atoms with Crippen molar-refractivity contribution in [3.63, 3.8) is 0 Å². The number of carbonyl (C=O) groups is 2. The lowest BCUT2D eigenvalue weighted by atomic mass is 10.2. The second kappa shape index (κ2) is 8.53. The lowest BCUT2D eigenvalue weighted by Crippen LogP contribution is -2.24. The van der Waals surface area contributed by atoms with Crippen molar-refractivity contribution in [3.05, 3.63) is 48.3 Å². The van der Waals surface area contributed by atoms with Gasteiger partial charge in [-0.3, -0.25) is 9.59 Å². The molecule has 2 amide bonds. The molecule has 27 heavy (non-hydrogen) atoms. The van der Waals surface area contributed by atoms with Crippen LogP contribution in [0.3, 0.4) is 0 Å². The van der Waals surface area contributed by atoms with E-state index in [9.17, 15) is 14.0 Å². The molecule has 2 aromatic rings. The van der Waals surface area contributed by atoms with Gasteiger partial charge < -0.3 is 19.7 Å². The summed E-state index contributed by atoms with van der Waals surface area (Å²) in [7, 11) is 1.52. The van der Waals surface area contributed by atoms with Crippen LogP contribution in [0.15, 0.2) is 42.5 Å². The summed E-state index contributed by atoms with van der Waals surface area (Å²) >= 11 is 0. The summed E-state index contributed by atoms with van der Waals surface area (Å²) in [5.74, 6) is -0.0271. The molecule has 0 spiro atoms. The van der Waals surface area contributed by atoms with E-state index in [0.717, 1.165) is 6.42 Å². The summed E-state index contributed by atoms with van der Waals surface area (Å²) in [6, 6.07) is 11.2. The largest absolute Gasteiger partial charge is 0.494 e. The Hall–Kier alpha value is -3.09. The maximum absolute atomic E-state index is 13.5. The van der Waals surface area contributed by atoms with Gasteiger partial charge in [-0.05, 0) is 30.7 Å². The number of amides is 2. The Morgan fingerprint density at radius 1 is 1.22 bits per heavy atom. The number of hydrogen-bond donors (Lipinski definition) is 1. The number of anilines is 2. The van der Waals surface area contributed by atoms with Gasteiger partial charge in [-0.25, -0.2) is 4.39 Å². The Labute approximate surface area is 156 Å². The van der Waals surface area contributed by atoms with Crippen LogP contribution >= 0.6 is 0 Å². The standard InChI is InChI=1S/C20H21FN2O4/c1-26-18-13-14(8-9-16(18)23-11-4-7-20(23)25)22-19(24)10-12-27-17-6-3-2-5-15(17)21/h2-3,5-6,8-9,13H,4,7,10-12H2,1H3,(H,22,24). The minimum absolute atomic E-state index is 0.0598. The first-order valence-corrected chi connectivity index (χ1v) is 8.74. The lowest BCUT2D eigenvalue weighted by molar-refractivity contribution is -0.117. The lowest BCUT2D eigenvalue weighted by Gasteiger charge is -2.19. The second-order valence-electron chi connectivity index (χ2n) is 6.11. The Balaban J connectivity index is 1.57. The fourth-order valence-corrected chi connectivity index (χ4v) is 2.92. The minimum Gasteiger partial charge on any atom is -0.494 e. The van der Waals surface area contributed by atoms with E-state index in [4.69, 9.17) is 9.47 Å². The number of carbonyl (C=O) groups excluding carboxylic acids is 2. The SMILES string of the molecule is COc1cc(NC(=O)CCOc2ccccc2F)ccc1N1CCCC1=O. The van der Waals surface area contributed by atoms with Crippen molar-refractivity contribution >= 4 is 23.2 Å². The number of ether oxygens (including phenoxy) is 2. The van der Waals surface area contributed by atoms with E-state index in [2.05, 4.69) is 5.32 Å². The molecule has 1 saturated heterocycles. The van der Waals surface area contributed by atoms with Crippen molar-refractivity contribution in [2.24, 2.45) is 0 Å². The molecule has 1 heterocycles. The van der Waals surface area contributed by atoms with Crippen LogP contribution in [0.25, 0.3) is 0 Å². The maximum Gasteiger partial charge on any atom is 0.227 e. The zero-order chi connectivity index (χ0) is 19.2. The molecule has 142 valence electrons. The summed E-state index contributed by atoms with van der Waals surface area (Å²) in [6.45, 7) is 0.721. The van der Waals surface area contributed by atoms with E-state index in [1.807, 2.05) is 0 Å². The van der Waals surface area contributed by atoms with Gasteiger partial charge in [0.25, 0.3) is 0 Å². The highest BCUT2D eigenvalue weighted by atomic mass is 19.1. The molecule has 0 atom stereocenters. The molecule has 1 N–H and O–H groups in total. The number of benzene rings is 2. The van der Waals surface area contributed by atoms with Crippen LogP contribution in [-0.2, 0) is 9.59 Å². The summed E-state index contributed by atoms with van der Waals surface area (Å²) in [4.78, 5) is 25.7. The molecule has 3 rings (SSSR count). The average molecular weight is 372 g/mol. The molecule has 0 unspecified atom stereocenters. The molecule has 1 aliphatic rings. The van der Waals surface area contributed by atoms with E-state index in [-0.39, 0.29) is 30.6 Å². The van der Waals surface area contributed by atoms with Gasteiger partial charge in [0.1, 0.15) is 5.75 Å². The molecule has 0 saturated carbocycles. The highest BCUT2D eigenvalue weighted by Crippen LogP contribution is 2.33.